The Kier molecular flexibility index (Phi) is 7.90. The van der Waals surface area contributed by atoms with Gasteiger partial charge in [-0.2, -0.15) is 13.2 Å². The van der Waals surface area contributed by atoms with E-state index in [2.05, 4.69) is 27.4 Å². The van der Waals surface area contributed by atoms with Crippen molar-refractivity contribution in [2.45, 2.75) is 70.1 Å². The van der Waals surface area contributed by atoms with Crippen LogP contribution < -0.4 is 11.1 Å². The van der Waals surface area contributed by atoms with Crippen LogP contribution in [-0.4, -0.2) is 47.1 Å². The molecule has 1 saturated heterocycles. The number of benzene rings is 2. The van der Waals surface area contributed by atoms with E-state index in [1.807, 2.05) is 18.0 Å². The van der Waals surface area contributed by atoms with Gasteiger partial charge in [0.1, 0.15) is 11.6 Å². The van der Waals surface area contributed by atoms with Gasteiger partial charge in [0.05, 0.1) is 29.8 Å². The standard InChI is InChI=1S/C30H36F3N5O2/c1-17(22-12-23(30(31,32)33)15-24(34)13-22)35-28-26-14-21(8-9-27(26)36-18(2)37-28)19-4-6-20(7-5-19)29(39)38(3)25-10-11-40-16-25/h8-9,12-15,17,19-20,25H,4-7,10-11,16,34H2,1-3H3,(H,35,36,37)/t17-,19-,20-,25-/m1/s1. The van der Waals surface area contributed by atoms with Gasteiger partial charge in [0.25, 0.3) is 0 Å². The number of likely N-dealkylation sites (N-methyl/N-ethyl adjacent to an activating group) is 1. The molecule has 2 atom stereocenters. The van der Waals surface area contributed by atoms with Gasteiger partial charge in [-0.3, -0.25) is 4.79 Å². The summed E-state index contributed by atoms with van der Waals surface area (Å²) in [5, 5.41) is 4.12. The smallest absolute Gasteiger partial charge is 0.399 e. The van der Waals surface area contributed by atoms with Crippen molar-refractivity contribution in [3.63, 3.8) is 0 Å². The Bertz CT molecular complexity index is 1380. The Hall–Kier alpha value is -3.40. The molecule has 0 spiro atoms. The van der Waals surface area contributed by atoms with Crippen molar-refractivity contribution in [2.24, 2.45) is 5.92 Å². The third kappa shape index (κ3) is 6.01. The highest BCUT2D eigenvalue weighted by Gasteiger charge is 2.33. The second-order valence-corrected chi connectivity index (χ2v) is 11.2. The lowest BCUT2D eigenvalue weighted by Crippen LogP contribution is -2.41. The van der Waals surface area contributed by atoms with Crippen molar-refractivity contribution >= 4 is 28.3 Å². The monoisotopic (exact) mass is 555 g/mol. The maximum atomic E-state index is 13.4. The predicted octanol–water partition coefficient (Wildman–Crippen LogP) is 6.23. The van der Waals surface area contributed by atoms with E-state index in [1.165, 1.54) is 0 Å². The number of ether oxygens (including phenoxy) is 1. The van der Waals surface area contributed by atoms with E-state index >= 15 is 0 Å². The molecule has 2 aliphatic rings. The summed E-state index contributed by atoms with van der Waals surface area (Å²) in [6.45, 7) is 4.91. The molecule has 7 nitrogen and oxygen atoms in total. The highest BCUT2D eigenvalue weighted by atomic mass is 19.4. The zero-order valence-corrected chi connectivity index (χ0v) is 23.1. The molecule has 10 heteroatoms. The largest absolute Gasteiger partial charge is 0.416 e. The number of nitrogens with two attached hydrogens (primary N) is 1. The molecule has 0 bridgehead atoms. The second kappa shape index (κ2) is 11.2. The van der Waals surface area contributed by atoms with Crippen LogP contribution in [0.5, 0.6) is 0 Å². The van der Waals surface area contributed by atoms with Gasteiger partial charge in [-0.1, -0.05) is 6.07 Å². The summed E-state index contributed by atoms with van der Waals surface area (Å²) in [7, 11) is 1.89. The number of nitrogens with zero attached hydrogens (tertiary/aromatic N) is 3. The highest BCUT2D eigenvalue weighted by Crippen LogP contribution is 2.39. The number of carbonyl (C=O) groups excluding carboxylic acids is 1. The number of fused-ring (bicyclic) bond motifs is 1. The lowest BCUT2D eigenvalue weighted by molar-refractivity contribution is -0.138. The van der Waals surface area contributed by atoms with E-state index in [1.54, 1.807) is 19.9 Å². The first-order valence-electron chi connectivity index (χ1n) is 13.9. The van der Waals surface area contributed by atoms with Crippen molar-refractivity contribution in [1.82, 2.24) is 14.9 Å². The summed E-state index contributed by atoms with van der Waals surface area (Å²) >= 11 is 0. The number of hydrogen-bond acceptors (Lipinski definition) is 6. The number of nitrogen functional groups attached to an aromatic ring is 1. The maximum Gasteiger partial charge on any atom is 0.416 e. The molecule has 3 N–H and O–H groups in total. The van der Waals surface area contributed by atoms with E-state index in [9.17, 15) is 18.0 Å². The minimum Gasteiger partial charge on any atom is -0.399 e. The van der Waals surface area contributed by atoms with Gasteiger partial charge in [-0.15, -0.1) is 0 Å². The summed E-state index contributed by atoms with van der Waals surface area (Å²) in [4.78, 5) is 24.1. The lowest BCUT2D eigenvalue weighted by atomic mass is 9.78. The molecule has 2 aromatic carbocycles. The SMILES string of the molecule is Cc1nc(N[C@H](C)c2cc(N)cc(C(F)(F)F)c2)c2cc([C@H]3CC[C@H](C(=O)N(C)[C@@H]4CCOC4)CC3)ccc2n1. The lowest BCUT2D eigenvalue weighted by Gasteiger charge is -2.33. The Morgan fingerprint density at radius 2 is 1.85 bits per heavy atom. The number of aromatic nitrogens is 2. The van der Waals surface area contributed by atoms with Crippen LogP contribution in [0.15, 0.2) is 36.4 Å². The van der Waals surface area contributed by atoms with Crippen molar-refractivity contribution in [3.8, 4) is 0 Å². The number of hydrogen-bond donors (Lipinski definition) is 2. The quantitative estimate of drug-likeness (QED) is 0.350. The number of aryl methyl sites for hydroxylation is 1. The fraction of sp³-hybridized carbons (Fsp3) is 0.500. The van der Waals surface area contributed by atoms with Crippen molar-refractivity contribution in [2.75, 3.05) is 31.3 Å². The van der Waals surface area contributed by atoms with Crippen molar-refractivity contribution in [1.29, 1.82) is 0 Å². The third-order valence-electron chi connectivity index (χ3n) is 8.34. The molecule has 5 rings (SSSR count). The van der Waals surface area contributed by atoms with Gasteiger partial charge >= 0.3 is 6.18 Å². The normalized spacial score (nSPS) is 22.3. The fourth-order valence-electron chi connectivity index (χ4n) is 5.97. The number of amides is 1. The van der Waals surface area contributed by atoms with Crippen molar-refractivity contribution in [3.05, 3.63) is 58.9 Å². The second-order valence-electron chi connectivity index (χ2n) is 11.2. The highest BCUT2D eigenvalue weighted by molar-refractivity contribution is 5.90. The molecule has 0 unspecified atom stereocenters. The summed E-state index contributed by atoms with van der Waals surface area (Å²) in [6.07, 6.45) is -0.0994. The number of anilines is 2. The minimum absolute atomic E-state index is 0.0336. The summed E-state index contributed by atoms with van der Waals surface area (Å²) in [6, 6.07) is 9.45. The van der Waals surface area contributed by atoms with Crippen molar-refractivity contribution < 1.29 is 22.7 Å². The van der Waals surface area contributed by atoms with E-state index < -0.39 is 17.8 Å². The van der Waals surface area contributed by atoms with Gasteiger partial charge in [0.2, 0.25) is 5.91 Å². The minimum atomic E-state index is -4.49. The Labute approximate surface area is 232 Å². The average molecular weight is 556 g/mol. The van der Waals surface area contributed by atoms with Gasteiger partial charge in [-0.05, 0) is 93.3 Å². The molecule has 1 aromatic heterocycles. The molecule has 1 aliphatic heterocycles. The third-order valence-corrected chi connectivity index (χ3v) is 8.34. The first kappa shape index (κ1) is 28.1. The van der Waals surface area contributed by atoms with Crippen LogP contribution in [-0.2, 0) is 15.7 Å². The molecule has 2 fully saturated rings. The molecule has 3 aromatic rings. The maximum absolute atomic E-state index is 13.4. The van der Waals surface area contributed by atoms with Crippen LogP contribution in [0.1, 0.15) is 73.5 Å². The van der Waals surface area contributed by atoms with Crippen LogP contribution in [0.25, 0.3) is 10.9 Å². The summed E-state index contributed by atoms with van der Waals surface area (Å²) in [5.74, 6) is 1.69. The van der Waals surface area contributed by atoms with Gasteiger partial charge in [0.15, 0.2) is 0 Å². The van der Waals surface area contributed by atoms with E-state index in [-0.39, 0.29) is 23.6 Å². The number of alkyl halides is 3. The van der Waals surface area contributed by atoms with Crippen LogP contribution in [0.4, 0.5) is 24.7 Å². The summed E-state index contributed by atoms with van der Waals surface area (Å²) in [5.41, 5.74) is 7.42. The van der Waals surface area contributed by atoms with Gasteiger partial charge < -0.3 is 20.7 Å². The first-order chi connectivity index (χ1) is 19.0. The topological polar surface area (TPSA) is 93.4 Å². The number of halogens is 3. The van der Waals surface area contributed by atoms with Crippen LogP contribution in [0.2, 0.25) is 0 Å². The molecule has 1 aliphatic carbocycles. The Balaban J connectivity index is 1.33. The van der Waals surface area contributed by atoms with Gasteiger partial charge in [-0.25, -0.2) is 9.97 Å². The summed E-state index contributed by atoms with van der Waals surface area (Å²) < 4.78 is 45.6. The van der Waals surface area contributed by atoms with E-state index in [4.69, 9.17) is 10.5 Å². The average Bonchev–Trinajstić information content (AvgIpc) is 3.46. The molecule has 0 radical (unpaired) electrons. The molecule has 40 heavy (non-hydrogen) atoms. The number of nitrogens with one attached hydrogen (secondary N) is 1. The van der Waals surface area contributed by atoms with Crippen LogP contribution >= 0.6 is 0 Å². The fourth-order valence-corrected chi connectivity index (χ4v) is 5.97. The molecule has 1 amide bonds. The Morgan fingerprint density at radius 1 is 1.10 bits per heavy atom. The molecule has 2 heterocycles. The predicted molar refractivity (Wildman–Crippen MR) is 149 cm³/mol. The van der Waals surface area contributed by atoms with E-state index in [0.29, 0.717) is 36.3 Å². The molecule has 214 valence electrons. The molecular formula is C30H36F3N5O2. The zero-order valence-electron chi connectivity index (χ0n) is 23.1. The number of rotatable bonds is 6. The molecule has 1 saturated carbocycles. The number of carbonyl (C=O) groups is 1. The van der Waals surface area contributed by atoms with Crippen LogP contribution in [0, 0.1) is 12.8 Å². The molecular weight excluding hydrogens is 519 g/mol. The van der Waals surface area contributed by atoms with E-state index in [0.717, 1.165) is 60.7 Å². The zero-order chi connectivity index (χ0) is 28.6. The first-order valence-corrected chi connectivity index (χ1v) is 13.9. The Morgan fingerprint density at radius 3 is 2.52 bits per heavy atom. The van der Waals surface area contributed by atoms with Gasteiger partial charge in [0, 0.05) is 30.6 Å². The van der Waals surface area contributed by atoms with Crippen LogP contribution in [0.3, 0.4) is 0 Å².